The van der Waals surface area contributed by atoms with Crippen LogP contribution in [0.25, 0.3) is 0 Å². The van der Waals surface area contributed by atoms with E-state index in [1.54, 1.807) is 0 Å². The molecule has 1 aromatic heterocycles. The van der Waals surface area contributed by atoms with E-state index in [9.17, 15) is 22.0 Å². The molecule has 0 spiro atoms. The molecule has 1 aliphatic rings. The Morgan fingerprint density at radius 1 is 1.32 bits per heavy atom. The fraction of sp³-hybridized carbons (Fsp3) is 0.750. The number of rotatable bonds is 2. The molecule has 1 aliphatic carbocycles. The fourth-order valence-electron chi connectivity index (χ4n) is 2.44. The summed E-state index contributed by atoms with van der Waals surface area (Å²) in [6.07, 6.45) is -2.86. The summed E-state index contributed by atoms with van der Waals surface area (Å²) < 4.78 is 64.9. The topological polar surface area (TPSA) is 17.8 Å². The van der Waals surface area contributed by atoms with Crippen LogP contribution in [0.15, 0.2) is 6.20 Å². The van der Waals surface area contributed by atoms with Gasteiger partial charge in [0.1, 0.15) is 0 Å². The van der Waals surface area contributed by atoms with Crippen LogP contribution in [0, 0.1) is 12.8 Å². The van der Waals surface area contributed by atoms with Crippen LogP contribution in [0.1, 0.15) is 36.9 Å². The zero-order chi connectivity index (χ0) is 14.3. The molecule has 0 atom stereocenters. The second-order valence-corrected chi connectivity index (χ2v) is 5.18. The second kappa shape index (κ2) is 4.76. The average molecular weight is 282 g/mol. The molecular formula is C12H15F5N2. The second-order valence-electron chi connectivity index (χ2n) is 5.18. The minimum Gasteiger partial charge on any atom is -0.272 e. The van der Waals surface area contributed by atoms with Crippen molar-refractivity contribution in [2.75, 3.05) is 0 Å². The molecule has 1 fully saturated rings. The minimum absolute atomic E-state index is 0.0278. The van der Waals surface area contributed by atoms with E-state index in [0.717, 1.165) is 0 Å². The van der Waals surface area contributed by atoms with Crippen LogP contribution in [0.4, 0.5) is 22.0 Å². The van der Waals surface area contributed by atoms with E-state index in [-0.39, 0.29) is 30.9 Å². The number of alkyl halides is 5. The number of halogens is 5. The van der Waals surface area contributed by atoms with Gasteiger partial charge in [-0.15, -0.1) is 0 Å². The van der Waals surface area contributed by atoms with Gasteiger partial charge < -0.3 is 0 Å². The molecular weight excluding hydrogens is 267 g/mol. The highest BCUT2D eigenvalue weighted by molar-refractivity contribution is 5.17. The first-order chi connectivity index (χ1) is 8.67. The van der Waals surface area contributed by atoms with E-state index in [1.165, 1.54) is 17.8 Å². The zero-order valence-electron chi connectivity index (χ0n) is 10.5. The van der Waals surface area contributed by atoms with E-state index in [1.807, 2.05) is 0 Å². The van der Waals surface area contributed by atoms with E-state index in [2.05, 4.69) is 5.10 Å². The highest BCUT2D eigenvalue weighted by atomic mass is 19.4. The number of aromatic nitrogens is 2. The van der Waals surface area contributed by atoms with E-state index < -0.39 is 17.8 Å². The van der Waals surface area contributed by atoms with Crippen LogP contribution in [0.3, 0.4) is 0 Å². The molecule has 0 radical (unpaired) electrons. The molecule has 1 saturated carbocycles. The van der Waals surface area contributed by atoms with Crippen molar-refractivity contribution in [3.63, 3.8) is 0 Å². The molecule has 1 aromatic rings. The van der Waals surface area contributed by atoms with Crippen LogP contribution in [0.2, 0.25) is 0 Å². The van der Waals surface area contributed by atoms with Crippen molar-refractivity contribution in [2.45, 2.75) is 51.3 Å². The standard InChI is InChI=1S/C12H15F5N2/c1-8-6-19(18-10(8)12(15,16)17)7-9-2-4-11(13,14)5-3-9/h6,9H,2-5,7H2,1H3. The Hall–Kier alpha value is -1.14. The molecule has 0 bridgehead atoms. The molecule has 7 heteroatoms. The molecule has 1 heterocycles. The van der Waals surface area contributed by atoms with Crippen LogP contribution in [0.5, 0.6) is 0 Å². The summed E-state index contributed by atoms with van der Waals surface area (Å²) in [5.41, 5.74) is -0.831. The van der Waals surface area contributed by atoms with Gasteiger partial charge in [-0.3, -0.25) is 4.68 Å². The summed E-state index contributed by atoms with van der Waals surface area (Å²) in [5, 5.41) is 3.52. The van der Waals surface area contributed by atoms with Crippen LogP contribution in [-0.2, 0) is 12.7 Å². The summed E-state index contributed by atoms with van der Waals surface area (Å²) in [6.45, 7) is 1.62. The monoisotopic (exact) mass is 282 g/mol. The number of hydrogen-bond acceptors (Lipinski definition) is 1. The van der Waals surface area contributed by atoms with Crippen molar-refractivity contribution in [2.24, 2.45) is 5.92 Å². The lowest BCUT2D eigenvalue weighted by molar-refractivity contribution is -0.142. The maximum absolute atomic E-state index is 13.0. The van der Waals surface area contributed by atoms with Gasteiger partial charge >= 0.3 is 6.18 Å². The maximum atomic E-state index is 13.0. The van der Waals surface area contributed by atoms with E-state index in [4.69, 9.17) is 0 Å². The first-order valence-electron chi connectivity index (χ1n) is 6.16. The molecule has 2 rings (SSSR count). The molecule has 19 heavy (non-hydrogen) atoms. The van der Waals surface area contributed by atoms with Crippen LogP contribution >= 0.6 is 0 Å². The van der Waals surface area contributed by atoms with Gasteiger partial charge in [-0.05, 0) is 31.2 Å². The molecule has 108 valence electrons. The number of nitrogens with zero attached hydrogens (tertiary/aromatic N) is 2. The molecule has 0 N–H and O–H groups in total. The average Bonchev–Trinajstić information content (AvgIpc) is 2.62. The lowest BCUT2D eigenvalue weighted by Crippen LogP contribution is -2.27. The Labute approximate surface area is 107 Å². The minimum atomic E-state index is -4.46. The van der Waals surface area contributed by atoms with Crippen molar-refractivity contribution in [3.8, 4) is 0 Å². The summed E-state index contributed by atoms with van der Waals surface area (Å²) >= 11 is 0. The lowest BCUT2D eigenvalue weighted by Gasteiger charge is -2.28. The number of aryl methyl sites for hydroxylation is 1. The Kier molecular flexibility index (Phi) is 3.57. The third kappa shape index (κ3) is 3.45. The van der Waals surface area contributed by atoms with Gasteiger partial charge in [0.25, 0.3) is 0 Å². The normalized spacial score (nSPS) is 20.7. The van der Waals surface area contributed by atoms with Crippen molar-refractivity contribution in [1.29, 1.82) is 0 Å². The lowest BCUT2D eigenvalue weighted by atomic mass is 9.87. The predicted octanol–water partition coefficient (Wildman–Crippen LogP) is 4.04. The van der Waals surface area contributed by atoms with Crippen molar-refractivity contribution >= 4 is 0 Å². The smallest absolute Gasteiger partial charge is 0.272 e. The SMILES string of the molecule is Cc1cn(CC2CCC(F)(F)CC2)nc1C(F)(F)F. The summed E-state index contributed by atoms with van der Waals surface area (Å²) in [7, 11) is 0. The van der Waals surface area contributed by atoms with Gasteiger partial charge in [-0.2, -0.15) is 18.3 Å². The molecule has 2 nitrogen and oxygen atoms in total. The molecule has 0 aliphatic heterocycles. The Balaban J connectivity index is 2.01. The van der Waals surface area contributed by atoms with Crippen molar-refractivity contribution < 1.29 is 22.0 Å². The summed E-state index contributed by atoms with van der Waals surface area (Å²) in [6, 6.07) is 0. The van der Waals surface area contributed by atoms with Crippen molar-refractivity contribution in [1.82, 2.24) is 9.78 Å². The molecule has 0 saturated heterocycles. The third-order valence-corrected chi connectivity index (χ3v) is 3.50. The first-order valence-corrected chi connectivity index (χ1v) is 6.16. The first kappa shape index (κ1) is 14.3. The van der Waals surface area contributed by atoms with Gasteiger partial charge in [-0.1, -0.05) is 0 Å². The largest absolute Gasteiger partial charge is 0.435 e. The van der Waals surface area contributed by atoms with Gasteiger partial charge in [0.15, 0.2) is 5.69 Å². The zero-order valence-corrected chi connectivity index (χ0v) is 10.5. The van der Waals surface area contributed by atoms with Crippen LogP contribution in [-0.4, -0.2) is 15.7 Å². The predicted molar refractivity (Wildman–Crippen MR) is 58.9 cm³/mol. The van der Waals surface area contributed by atoms with E-state index in [0.29, 0.717) is 12.8 Å². The Morgan fingerprint density at radius 3 is 2.37 bits per heavy atom. The van der Waals surface area contributed by atoms with Gasteiger partial charge in [0, 0.05) is 25.6 Å². The van der Waals surface area contributed by atoms with E-state index >= 15 is 0 Å². The van der Waals surface area contributed by atoms with Crippen molar-refractivity contribution in [3.05, 3.63) is 17.5 Å². The molecule has 0 unspecified atom stereocenters. The summed E-state index contributed by atoms with van der Waals surface area (Å²) in [4.78, 5) is 0. The van der Waals surface area contributed by atoms with Gasteiger partial charge in [0.2, 0.25) is 5.92 Å². The Morgan fingerprint density at radius 2 is 1.89 bits per heavy atom. The molecule has 0 aromatic carbocycles. The highest BCUT2D eigenvalue weighted by Crippen LogP contribution is 2.37. The molecule has 0 amide bonds. The van der Waals surface area contributed by atoms with Gasteiger partial charge in [0.05, 0.1) is 0 Å². The fourth-order valence-corrected chi connectivity index (χ4v) is 2.44. The van der Waals surface area contributed by atoms with Gasteiger partial charge in [-0.25, -0.2) is 8.78 Å². The maximum Gasteiger partial charge on any atom is 0.435 e. The quantitative estimate of drug-likeness (QED) is 0.749. The number of hydrogen-bond donors (Lipinski definition) is 0. The highest BCUT2D eigenvalue weighted by Gasteiger charge is 2.37. The van der Waals surface area contributed by atoms with Crippen LogP contribution < -0.4 is 0 Å². The summed E-state index contributed by atoms with van der Waals surface area (Å²) in [5.74, 6) is -2.65. The Bertz CT molecular complexity index is 439. The third-order valence-electron chi connectivity index (χ3n) is 3.50.